The molecule has 1 aromatic carbocycles. The van der Waals surface area contributed by atoms with Crippen LogP contribution in [-0.4, -0.2) is 48.6 Å². The number of carbonyl (C=O) groups excluding carboxylic acids is 1. The molecular formula is C14H21ClN2O4. The minimum atomic E-state index is -0.964. The molecule has 1 atom stereocenters. The monoisotopic (exact) mass is 316 g/mol. The van der Waals surface area contributed by atoms with Crippen molar-refractivity contribution in [1.29, 1.82) is 0 Å². The van der Waals surface area contributed by atoms with Crippen LogP contribution >= 0.6 is 12.4 Å². The van der Waals surface area contributed by atoms with Crippen molar-refractivity contribution in [2.24, 2.45) is 0 Å². The van der Waals surface area contributed by atoms with E-state index in [-0.39, 0.29) is 24.9 Å². The fourth-order valence-electron chi connectivity index (χ4n) is 1.66. The summed E-state index contributed by atoms with van der Waals surface area (Å²) in [7, 11) is 3.12. The Bertz CT molecular complexity index is 508. The van der Waals surface area contributed by atoms with Gasteiger partial charge in [0, 0.05) is 0 Å². The van der Waals surface area contributed by atoms with Crippen LogP contribution in [0.4, 0.5) is 5.69 Å². The highest BCUT2D eigenvalue weighted by molar-refractivity contribution is 5.94. The van der Waals surface area contributed by atoms with Crippen LogP contribution in [0.15, 0.2) is 18.2 Å². The topological polar surface area (TPSA) is 78.9 Å². The van der Waals surface area contributed by atoms with Gasteiger partial charge in [-0.1, -0.05) is 6.07 Å². The maximum absolute atomic E-state index is 11.9. The molecule has 1 rings (SSSR count). The molecule has 1 unspecified atom stereocenters. The van der Waals surface area contributed by atoms with Crippen LogP contribution in [0.1, 0.15) is 12.5 Å². The lowest BCUT2D eigenvalue weighted by Gasteiger charge is -2.20. The van der Waals surface area contributed by atoms with Gasteiger partial charge < -0.3 is 15.2 Å². The van der Waals surface area contributed by atoms with Crippen molar-refractivity contribution in [3.63, 3.8) is 0 Å². The summed E-state index contributed by atoms with van der Waals surface area (Å²) in [6, 6.07) is 4.74. The molecule has 0 radical (unpaired) electrons. The number of hydrogen-bond donors (Lipinski definition) is 2. The van der Waals surface area contributed by atoms with Crippen LogP contribution in [0, 0.1) is 6.92 Å². The van der Waals surface area contributed by atoms with Gasteiger partial charge in [0.05, 0.1) is 19.3 Å². The number of rotatable bonds is 6. The van der Waals surface area contributed by atoms with E-state index in [0.29, 0.717) is 11.4 Å². The average molecular weight is 317 g/mol. The average Bonchev–Trinajstić information content (AvgIpc) is 2.37. The van der Waals surface area contributed by atoms with Crippen LogP contribution < -0.4 is 10.1 Å². The zero-order valence-corrected chi connectivity index (χ0v) is 13.4. The summed E-state index contributed by atoms with van der Waals surface area (Å²) in [5.41, 5.74) is 1.57. The van der Waals surface area contributed by atoms with E-state index in [1.807, 2.05) is 13.0 Å². The predicted octanol–water partition coefficient (Wildman–Crippen LogP) is 1.77. The number of amides is 1. The lowest BCUT2D eigenvalue weighted by atomic mass is 10.2. The standard InChI is InChI=1S/C14H20N2O4.ClH/c1-9-5-6-12(20-4)11(7-9)15-13(17)8-16(3)10(2)14(18)19;/h5-7,10H,8H2,1-4H3,(H,15,17)(H,18,19);1H. The Labute approximate surface area is 130 Å². The van der Waals surface area contributed by atoms with Crippen LogP contribution in [0.2, 0.25) is 0 Å². The van der Waals surface area contributed by atoms with E-state index in [9.17, 15) is 9.59 Å². The summed E-state index contributed by atoms with van der Waals surface area (Å²) >= 11 is 0. The Morgan fingerprint density at radius 1 is 1.43 bits per heavy atom. The van der Waals surface area contributed by atoms with Crippen molar-refractivity contribution < 1.29 is 19.4 Å². The van der Waals surface area contributed by atoms with Crippen molar-refractivity contribution in [2.75, 3.05) is 26.0 Å². The van der Waals surface area contributed by atoms with Crippen molar-refractivity contribution >= 4 is 30.0 Å². The van der Waals surface area contributed by atoms with E-state index >= 15 is 0 Å². The third-order valence-corrected chi connectivity index (χ3v) is 3.04. The minimum absolute atomic E-state index is 0. The van der Waals surface area contributed by atoms with Crippen LogP contribution in [0.3, 0.4) is 0 Å². The molecule has 1 amide bonds. The first-order valence-electron chi connectivity index (χ1n) is 6.22. The van der Waals surface area contributed by atoms with Gasteiger partial charge in [-0.2, -0.15) is 0 Å². The number of hydrogen-bond acceptors (Lipinski definition) is 4. The molecule has 0 aromatic heterocycles. The second-order valence-electron chi connectivity index (χ2n) is 4.68. The summed E-state index contributed by atoms with van der Waals surface area (Å²) in [6.07, 6.45) is 0. The number of halogens is 1. The molecule has 7 heteroatoms. The first kappa shape index (κ1) is 19.2. The van der Waals surface area contributed by atoms with E-state index in [4.69, 9.17) is 9.84 Å². The number of aliphatic carboxylic acids is 1. The number of aryl methyl sites for hydroxylation is 1. The molecule has 0 fully saturated rings. The molecular weight excluding hydrogens is 296 g/mol. The van der Waals surface area contributed by atoms with E-state index < -0.39 is 12.0 Å². The lowest BCUT2D eigenvalue weighted by Crippen LogP contribution is -2.40. The first-order chi connectivity index (χ1) is 9.35. The molecule has 118 valence electrons. The van der Waals surface area contributed by atoms with Crippen molar-refractivity contribution in [1.82, 2.24) is 4.90 Å². The number of carboxylic acids is 1. The number of anilines is 1. The zero-order valence-electron chi connectivity index (χ0n) is 12.5. The summed E-state index contributed by atoms with van der Waals surface area (Å²) in [5, 5.41) is 11.6. The lowest BCUT2D eigenvalue weighted by molar-refractivity contribution is -0.142. The van der Waals surface area contributed by atoms with Gasteiger partial charge in [0.2, 0.25) is 5.91 Å². The number of carbonyl (C=O) groups is 2. The Kier molecular flexibility index (Phi) is 7.76. The molecule has 0 heterocycles. The number of carboxylic acid groups (broad SMARTS) is 1. The molecule has 2 N–H and O–H groups in total. The number of nitrogens with zero attached hydrogens (tertiary/aromatic N) is 1. The molecule has 6 nitrogen and oxygen atoms in total. The first-order valence-corrected chi connectivity index (χ1v) is 6.22. The smallest absolute Gasteiger partial charge is 0.320 e. The molecule has 21 heavy (non-hydrogen) atoms. The molecule has 0 aliphatic rings. The number of benzene rings is 1. The van der Waals surface area contributed by atoms with E-state index in [2.05, 4.69) is 5.32 Å². The van der Waals surface area contributed by atoms with Crippen LogP contribution in [-0.2, 0) is 9.59 Å². The molecule has 0 saturated heterocycles. The Morgan fingerprint density at radius 3 is 2.57 bits per heavy atom. The highest BCUT2D eigenvalue weighted by atomic mass is 35.5. The third kappa shape index (κ3) is 5.61. The van der Waals surface area contributed by atoms with E-state index in [1.165, 1.54) is 18.9 Å². The highest BCUT2D eigenvalue weighted by Gasteiger charge is 2.19. The SMILES string of the molecule is COc1ccc(C)cc1NC(=O)CN(C)C(C)C(=O)O.Cl. The predicted molar refractivity (Wildman–Crippen MR) is 83.3 cm³/mol. The van der Waals surface area contributed by atoms with Gasteiger partial charge in [-0.15, -0.1) is 12.4 Å². The van der Waals surface area contributed by atoms with Gasteiger partial charge in [0.1, 0.15) is 11.8 Å². The molecule has 0 saturated carbocycles. The Hall–Kier alpha value is -1.79. The van der Waals surface area contributed by atoms with Crippen LogP contribution in [0.5, 0.6) is 5.75 Å². The highest BCUT2D eigenvalue weighted by Crippen LogP contribution is 2.25. The van der Waals surface area contributed by atoms with E-state index in [0.717, 1.165) is 5.56 Å². The summed E-state index contributed by atoms with van der Waals surface area (Å²) in [4.78, 5) is 24.2. The summed E-state index contributed by atoms with van der Waals surface area (Å²) in [6.45, 7) is 3.43. The molecule has 0 aliphatic heterocycles. The van der Waals surface area contributed by atoms with Crippen LogP contribution in [0.25, 0.3) is 0 Å². The van der Waals surface area contributed by atoms with E-state index in [1.54, 1.807) is 19.2 Å². The maximum Gasteiger partial charge on any atom is 0.320 e. The minimum Gasteiger partial charge on any atom is -0.495 e. The number of methoxy groups -OCH3 is 1. The van der Waals surface area contributed by atoms with Crippen molar-refractivity contribution in [3.8, 4) is 5.75 Å². The van der Waals surface area contributed by atoms with Gasteiger partial charge >= 0.3 is 5.97 Å². The Morgan fingerprint density at radius 2 is 2.05 bits per heavy atom. The molecule has 0 spiro atoms. The normalized spacial score (nSPS) is 11.5. The number of likely N-dealkylation sites (N-methyl/N-ethyl adjacent to an activating group) is 1. The van der Waals surface area contributed by atoms with Gasteiger partial charge in [-0.05, 0) is 38.6 Å². The maximum atomic E-state index is 11.9. The van der Waals surface area contributed by atoms with Crippen molar-refractivity contribution in [3.05, 3.63) is 23.8 Å². The summed E-state index contributed by atoms with van der Waals surface area (Å²) < 4.78 is 5.17. The van der Waals surface area contributed by atoms with Gasteiger partial charge in [-0.25, -0.2) is 0 Å². The van der Waals surface area contributed by atoms with Crippen molar-refractivity contribution in [2.45, 2.75) is 19.9 Å². The number of ether oxygens (including phenoxy) is 1. The third-order valence-electron chi connectivity index (χ3n) is 3.04. The second-order valence-corrected chi connectivity index (χ2v) is 4.68. The molecule has 0 bridgehead atoms. The second kappa shape index (κ2) is 8.49. The van der Waals surface area contributed by atoms with Gasteiger partial charge in [-0.3, -0.25) is 14.5 Å². The van der Waals surface area contributed by atoms with Gasteiger partial charge in [0.15, 0.2) is 0 Å². The molecule has 1 aromatic rings. The summed E-state index contributed by atoms with van der Waals surface area (Å²) in [5.74, 6) is -0.684. The van der Waals surface area contributed by atoms with Gasteiger partial charge in [0.25, 0.3) is 0 Å². The fraction of sp³-hybridized carbons (Fsp3) is 0.429. The Balaban J connectivity index is 0.00000400. The fourth-order valence-corrected chi connectivity index (χ4v) is 1.66. The zero-order chi connectivity index (χ0) is 15.3. The number of nitrogens with one attached hydrogen (secondary N) is 1. The largest absolute Gasteiger partial charge is 0.495 e. The quantitative estimate of drug-likeness (QED) is 0.836. The molecule has 0 aliphatic carbocycles.